The molecule has 12 aromatic rings. The summed E-state index contributed by atoms with van der Waals surface area (Å²) in [5, 5.41) is 30.8. The van der Waals surface area contributed by atoms with Gasteiger partial charge in [-0.15, -0.1) is 0 Å². The zero-order valence-corrected chi connectivity index (χ0v) is 67.1. The van der Waals surface area contributed by atoms with E-state index >= 15 is 0 Å². The van der Waals surface area contributed by atoms with E-state index in [2.05, 4.69) is 215 Å². The van der Waals surface area contributed by atoms with Crippen LogP contribution < -0.4 is 46.6 Å². The van der Waals surface area contributed by atoms with Crippen molar-refractivity contribution < 1.29 is 24.2 Å². The lowest BCUT2D eigenvalue weighted by atomic mass is 10.1. The van der Waals surface area contributed by atoms with Gasteiger partial charge in [-0.2, -0.15) is 15.0 Å². The second kappa shape index (κ2) is 38.8. The number of aromatic nitrogens is 9. The topological polar surface area (TPSA) is 275 Å². The summed E-state index contributed by atoms with van der Waals surface area (Å²) in [7, 11) is 17.5. The van der Waals surface area contributed by atoms with Gasteiger partial charge in [-0.1, -0.05) is 75.8 Å². The Kier molecular flexibility index (Phi) is 28.5. The van der Waals surface area contributed by atoms with Crippen LogP contribution in [0.25, 0.3) is 66.9 Å². The zero-order chi connectivity index (χ0) is 80.0. The van der Waals surface area contributed by atoms with Crippen LogP contribution in [0.2, 0.25) is 25.7 Å². The lowest BCUT2D eigenvalue weighted by Crippen LogP contribution is -2.28. The fourth-order valence-corrected chi connectivity index (χ4v) is 12.5. The third kappa shape index (κ3) is 23.1. The number of rotatable bonds is 33. The third-order valence-corrected chi connectivity index (χ3v) is 19.8. The molecule has 3 amide bonds. The van der Waals surface area contributed by atoms with Crippen LogP contribution >= 0.6 is 0 Å². The molecule has 0 atom stereocenters. The molecular formula is C85H103N21O5Si. The Labute approximate surface area is 656 Å². The Morgan fingerprint density at radius 2 is 0.804 bits per heavy atom. The molecule has 0 spiro atoms. The van der Waals surface area contributed by atoms with E-state index in [1.165, 1.54) is 18.2 Å². The van der Waals surface area contributed by atoms with Gasteiger partial charge in [0.15, 0.2) is 0 Å². The first-order valence-electron chi connectivity index (χ1n) is 36.9. The van der Waals surface area contributed by atoms with E-state index in [0.29, 0.717) is 53.0 Å². The van der Waals surface area contributed by atoms with Gasteiger partial charge in [0.05, 0.1) is 17.1 Å². The van der Waals surface area contributed by atoms with Gasteiger partial charge in [0, 0.05) is 178 Å². The summed E-state index contributed by atoms with van der Waals surface area (Å²) in [6.07, 6.45) is 9.33. The minimum absolute atomic E-state index is 0.206. The lowest BCUT2D eigenvalue weighted by molar-refractivity contribution is -0.112. The Bertz CT molecular complexity index is 5190. The van der Waals surface area contributed by atoms with E-state index in [1.807, 2.05) is 138 Å². The van der Waals surface area contributed by atoms with Crippen LogP contribution in [0.5, 0.6) is 0 Å². The summed E-state index contributed by atoms with van der Waals surface area (Å²) in [5.41, 5.74) is 14.9. The molecular weight excluding hydrogens is 1420 g/mol. The van der Waals surface area contributed by atoms with E-state index in [1.54, 1.807) is 16.8 Å². The van der Waals surface area contributed by atoms with Crippen molar-refractivity contribution in [2.45, 2.75) is 39.1 Å². The standard InChI is InChI=1S/C32H43N7O2Si.C27H31N7O2.C26H29N7O/c1-8-29(40)33-26-11-9-10-24(22-26)30-28-16-17-39(23-41-20-21-42(5,6)7)31(28)36-32(35-30)34-25-12-14-27(15-13-25)38(4)19-18-37(2)3;1-5-24(36)28-21-8-6-7-19(17-21)25-23-13-14-34(18-35)26(23)31-27(30-25)29-20-9-11-22(12-10-20)33(4)16-15-32(2)3;1-5-23(34)28-20-8-6-7-18(17-20)24-22-13-14-27-25(22)31-26(30-24)29-19-9-11-21(12-10-19)33(4)16-15-32(2)3/h8-17,22H,1,18-21,23H2,2-7H3,(H,33,40)(H,34,35,36);5-14,17,35H,1,15-16,18H2,2-4H3,(H,28,36)(H,29,30,31);5-14,17H,1,15-16H2,2-4H3,(H,28,34)(H2,27,29,30,31). The Morgan fingerprint density at radius 1 is 0.446 bits per heavy atom. The van der Waals surface area contributed by atoms with Crippen LogP contribution in [0.1, 0.15) is 0 Å². The van der Waals surface area contributed by atoms with Crippen LogP contribution in [0.15, 0.2) is 220 Å². The molecule has 0 aliphatic carbocycles. The van der Waals surface area contributed by atoms with Crippen molar-refractivity contribution in [2.24, 2.45) is 0 Å². The van der Waals surface area contributed by atoms with E-state index in [-0.39, 0.29) is 24.5 Å². The number of aliphatic hydroxyl groups excluding tert-OH is 1. The molecule has 582 valence electrons. The highest BCUT2D eigenvalue weighted by Gasteiger charge is 2.20. The monoisotopic (exact) mass is 1530 g/mol. The number of nitrogens with one attached hydrogen (secondary N) is 7. The molecule has 0 fully saturated rings. The summed E-state index contributed by atoms with van der Waals surface area (Å²) in [6.45, 7) is 24.3. The van der Waals surface area contributed by atoms with Crippen molar-refractivity contribution in [2.75, 3.05) is 156 Å². The molecule has 0 unspecified atom stereocenters. The number of carbonyl (C=O) groups is 3. The number of carbonyl (C=O) groups excluding carboxylic acids is 3. The molecule has 26 nitrogen and oxygen atoms in total. The number of H-pyrrole nitrogens is 1. The maximum Gasteiger partial charge on any atom is 0.247 e. The van der Waals surface area contributed by atoms with Gasteiger partial charge in [-0.25, -0.2) is 15.0 Å². The van der Waals surface area contributed by atoms with Crippen LogP contribution in [0.4, 0.5) is 69.0 Å². The number of amides is 3. The van der Waals surface area contributed by atoms with Crippen molar-refractivity contribution in [3.63, 3.8) is 0 Å². The zero-order valence-electron chi connectivity index (χ0n) is 66.1. The number of fused-ring (bicyclic) bond motifs is 3. The number of benzene rings is 6. The second-order valence-corrected chi connectivity index (χ2v) is 34.6. The summed E-state index contributed by atoms with van der Waals surface area (Å²) in [6, 6.07) is 54.1. The third-order valence-electron chi connectivity index (χ3n) is 18.1. The fraction of sp³-hybridized carbons (Fsp3) is 0.259. The maximum atomic E-state index is 11.9. The molecule has 27 heteroatoms. The molecule has 12 rings (SSSR count). The molecule has 0 saturated carbocycles. The summed E-state index contributed by atoms with van der Waals surface area (Å²) < 4.78 is 9.73. The summed E-state index contributed by atoms with van der Waals surface area (Å²) in [5.74, 6) is 0.558. The van der Waals surface area contributed by atoms with Gasteiger partial charge in [0.2, 0.25) is 35.6 Å². The number of aliphatic hydroxyl groups is 1. The molecule has 0 bridgehead atoms. The molecule has 112 heavy (non-hydrogen) atoms. The molecule has 0 radical (unpaired) electrons. The van der Waals surface area contributed by atoms with Crippen molar-refractivity contribution >= 4 is 128 Å². The Hall–Kier alpha value is -12.4. The highest BCUT2D eigenvalue weighted by molar-refractivity contribution is 6.76. The highest BCUT2D eigenvalue weighted by atomic mass is 28.3. The van der Waals surface area contributed by atoms with Crippen molar-refractivity contribution in [1.29, 1.82) is 0 Å². The van der Waals surface area contributed by atoms with E-state index < -0.39 is 8.07 Å². The van der Waals surface area contributed by atoms with Gasteiger partial charge in [-0.3, -0.25) is 14.4 Å². The first kappa shape index (κ1) is 82.1. The number of ether oxygens (including phenoxy) is 1. The normalized spacial score (nSPS) is 11.2. The Morgan fingerprint density at radius 3 is 1.16 bits per heavy atom. The second-order valence-electron chi connectivity index (χ2n) is 29.0. The molecule has 8 N–H and O–H groups in total. The van der Waals surface area contributed by atoms with Crippen LogP contribution in [0.3, 0.4) is 0 Å². The molecule has 6 aromatic heterocycles. The molecule has 6 heterocycles. The van der Waals surface area contributed by atoms with Gasteiger partial charge >= 0.3 is 0 Å². The van der Waals surface area contributed by atoms with Crippen LogP contribution in [-0.2, 0) is 32.6 Å². The highest BCUT2D eigenvalue weighted by Crippen LogP contribution is 2.35. The summed E-state index contributed by atoms with van der Waals surface area (Å²) >= 11 is 0. The minimum Gasteiger partial charge on any atom is -0.376 e. The maximum absolute atomic E-state index is 11.9. The Balaban J connectivity index is 0.000000179. The van der Waals surface area contributed by atoms with Gasteiger partial charge < -0.3 is 85.3 Å². The largest absolute Gasteiger partial charge is 0.376 e. The van der Waals surface area contributed by atoms with E-state index in [9.17, 15) is 19.5 Å². The molecule has 6 aromatic carbocycles. The fourth-order valence-electron chi connectivity index (χ4n) is 11.7. The van der Waals surface area contributed by atoms with Crippen molar-refractivity contribution in [3.05, 3.63) is 220 Å². The van der Waals surface area contributed by atoms with Crippen molar-refractivity contribution in [1.82, 2.24) is 58.7 Å². The van der Waals surface area contributed by atoms with E-state index in [4.69, 9.17) is 24.7 Å². The average Bonchev–Trinajstić information content (AvgIpc) is 1.58. The number of aromatic amines is 1. The average molecular weight is 1530 g/mol. The predicted octanol–water partition coefficient (Wildman–Crippen LogP) is 14.7. The molecule has 0 saturated heterocycles. The number of likely N-dealkylation sites (N-methyl/N-ethyl adjacent to an activating group) is 6. The van der Waals surface area contributed by atoms with Crippen LogP contribution in [-0.4, -0.2) is 199 Å². The number of anilines is 12. The van der Waals surface area contributed by atoms with Crippen LogP contribution in [0, 0.1) is 0 Å². The molecule has 0 aliphatic rings. The van der Waals surface area contributed by atoms with E-state index in [0.717, 1.165) is 142 Å². The summed E-state index contributed by atoms with van der Waals surface area (Å²) in [4.78, 5) is 80.5. The van der Waals surface area contributed by atoms with Crippen molar-refractivity contribution in [3.8, 4) is 33.8 Å². The predicted molar refractivity (Wildman–Crippen MR) is 463 cm³/mol. The molecule has 0 aliphatic heterocycles. The lowest BCUT2D eigenvalue weighted by Gasteiger charge is -2.21. The number of hydrogen-bond acceptors (Lipinski definition) is 20. The van der Waals surface area contributed by atoms with Gasteiger partial charge in [0.25, 0.3) is 0 Å². The van der Waals surface area contributed by atoms with Gasteiger partial charge in [-0.05, 0) is 194 Å². The smallest absolute Gasteiger partial charge is 0.247 e. The quantitative estimate of drug-likeness (QED) is 0.0108. The number of nitrogens with zero attached hydrogens (tertiary/aromatic N) is 14. The SMILES string of the molecule is C=CC(=O)Nc1cccc(-c2nc(Nc3ccc(N(C)CCN(C)C)cc3)nc3[nH]ccc23)c1.C=CC(=O)Nc1cccc(-c2nc(Nc3ccc(N(C)CCN(C)C)cc3)nc3c2ccn3CO)c1.C=CC(=O)Nc1cccc(-c2nc(Nc3ccc(N(C)CCN(C)C)cc3)nc3c2ccn3COCC[Si](C)(C)C)c1. The van der Waals surface area contributed by atoms with Gasteiger partial charge in [0.1, 0.15) is 30.4 Å². The first-order valence-corrected chi connectivity index (χ1v) is 40.6. The minimum atomic E-state index is -1.19. The first-order chi connectivity index (χ1) is 53.8. The number of hydrogen-bond donors (Lipinski definition) is 8.